The van der Waals surface area contributed by atoms with Gasteiger partial charge in [0.1, 0.15) is 6.54 Å². The number of amides is 1. The number of piperidine rings is 1. The minimum atomic E-state index is -0.358. The topological polar surface area (TPSA) is 64.4 Å². The maximum atomic E-state index is 13.1. The molecule has 7 heteroatoms. The lowest BCUT2D eigenvalue weighted by Crippen LogP contribution is -2.41. The lowest BCUT2D eigenvalue weighted by atomic mass is 10.1. The molecule has 0 spiro atoms. The molecule has 3 aliphatic rings. The first kappa shape index (κ1) is 21.6. The summed E-state index contributed by atoms with van der Waals surface area (Å²) >= 11 is 1.93. The van der Waals surface area contributed by atoms with E-state index in [-0.39, 0.29) is 18.4 Å². The van der Waals surface area contributed by atoms with Gasteiger partial charge < -0.3 is 9.64 Å². The maximum Gasteiger partial charge on any atom is 0.359 e. The summed E-state index contributed by atoms with van der Waals surface area (Å²) < 4.78 is 7.04. The van der Waals surface area contributed by atoms with Crippen LogP contribution in [0, 0.1) is 18.8 Å². The molecule has 1 aromatic heterocycles. The summed E-state index contributed by atoms with van der Waals surface area (Å²) in [5.74, 6) is 1.32. The van der Waals surface area contributed by atoms with Gasteiger partial charge in [-0.05, 0) is 62.5 Å². The molecule has 0 radical (unpaired) electrons. The monoisotopic (exact) mass is 453 g/mol. The number of thioether (sulfide) groups is 1. The van der Waals surface area contributed by atoms with E-state index in [1.807, 2.05) is 23.6 Å². The fourth-order valence-electron chi connectivity index (χ4n) is 5.44. The lowest BCUT2D eigenvalue weighted by Gasteiger charge is -2.32. The van der Waals surface area contributed by atoms with Crippen LogP contribution in [-0.2, 0) is 22.5 Å². The SMILES string of the molecule is CCOC(=O)c1nn(CC(=O)N2CCC(Sc3ccccc3C)CC2)c2c1[C@@H]1[C@H](C)[C@@H]1C2. The highest BCUT2D eigenvalue weighted by molar-refractivity contribution is 8.00. The van der Waals surface area contributed by atoms with Gasteiger partial charge in [-0.25, -0.2) is 4.79 Å². The predicted octanol–water partition coefficient (Wildman–Crippen LogP) is 4.06. The van der Waals surface area contributed by atoms with Crippen molar-refractivity contribution in [3.63, 3.8) is 0 Å². The van der Waals surface area contributed by atoms with Crippen LogP contribution >= 0.6 is 11.8 Å². The predicted molar refractivity (Wildman–Crippen MR) is 124 cm³/mol. The van der Waals surface area contributed by atoms with Crippen molar-refractivity contribution in [3.8, 4) is 0 Å². The third-order valence-electron chi connectivity index (χ3n) is 7.36. The number of rotatable bonds is 6. The maximum absolute atomic E-state index is 13.1. The van der Waals surface area contributed by atoms with E-state index in [0.717, 1.165) is 43.6 Å². The molecule has 3 atom stereocenters. The molecule has 32 heavy (non-hydrogen) atoms. The van der Waals surface area contributed by atoms with Crippen LogP contribution in [0.2, 0.25) is 0 Å². The van der Waals surface area contributed by atoms with E-state index in [4.69, 9.17) is 4.74 Å². The first-order valence-corrected chi connectivity index (χ1v) is 12.6. The van der Waals surface area contributed by atoms with Gasteiger partial charge in [0, 0.05) is 34.5 Å². The van der Waals surface area contributed by atoms with Gasteiger partial charge in [0.25, 0.3) is 0 Å². The smallest absolute Gasteiger partial charge is 0.359 e. The van der Waals surface area contributed by atoms with E-state index < -0.39 is 0 Å². The molecule has 0 N–H and O–H groups in total. The zero-order valence-electron chi connectivity index (χ0n) is 19.0. The Morgan fingerprint density at radius 3 is 2.69 bits per heavy atom. The third kappa shape index (κ3) is 3.85. The number of nitrogens with zero attached hydrogens (tertiary/aromatic N) is 3. The van der Waals surface area contributed by atoms with E-state index >= 15 is 0 Å². The van der Waals surface area contributed by atoms with Crippen molar-refractivity contribution in [1.82, 2.24) is 14.7 Å². The summed E-state index contributed by atoms with van der Waals surface area (Å²) in [6.45, 7) is 8.29. The lowest BCUT2D eigenvalue weighted by molar-refractivity contribution is -0.132. The molecule has 0 bridgehead atoms. The number of hydrogen-bond acceptors (Lipinski definition) is 5. The van der Waals surface area contributed by atoms with Crippen molar-refractivity contribution in [2.75, 3.05) is 19.7 Å². The summed E-state index contributed by atoms with van der Waals surface area (Å²) in [7, 11) is 0. The van der Waals surface area contributed by atoms with Crippen molar-refractivity contribution >= 4 is 23.6 Å². The Labute approximate surface area is 193 Å². The van der Waals surface area contributed by atoms with E-state index in [1.165, 1.54) is 10.5 Å². The minimum Gasteiger partial charge on any atom is -0.461 e. The molecule has 170 valence electrons. The second-order valence-electron chi connectivity index (χ2n) is 9.30. The highest BCUT2D eigenvalue weighted by Gasteiger charge is 2.56. The van der Waals surface area contributed by atoms with Gasteiger partial charge in [-0.15, -0.1) is 11.8 Å². The Morgan fingerprint density at radius 2 is 1.97 bits per heavy atom. The van der Waals surface area contributed by atoms with Crippen LogP contribution in [0.3, 0.4) is 0 Å². The molecule has 2 heterocycles. The minimum absolute atomic E-state index is 0.0960. The van der Waals surface area contributed by atoms with Gasteiger partial charge in [-0.2, -0.15) is 5.10 Å². The molecule has 5 rings (SSSR count). The van der Waals surface area contributed by atoms with E-state index in [0.29, 0.717) is 35.3 Å². The Bertz CT molecular complexity index is 1040. The van der Waals surface area contributed by atoms with Crippen LogP contribution in [0.5, 0.6) is 0 Å². The average Bonchev–Trinajstić information content (AvgIpc) is 3.11. The number of aromatic nitrogens is 2. The molecular weight excluding hydrogens is 422 g/mol. The molecule has 2 aromatic rings. The molecular formula is C25H31N3O3S. The zero-order chi connectivity index (χ0) is 22.4. The first-order valence-electron chi connectivity index (χ1n) is 11.7. The second kappa shape index (κ2) is 8.58. The normalized spacial score (nSPS) is 24.2. The second-order valence-corrected chi connectivity index (χ2v) is 10.6. The van der Waals surface area contributed by atoms with Gasteiger partial charge in [-0.1, -0.05) is 25.1 Å². The summed E-state index contributed by atoms with van der Waals surface area (Å²) in [4.78, 5) is 28.9. The Morgan fingerprint density at radius 1 is 1.22 bits per heavy atom. The highest BCUT2D eigenvalue weighted by atomic mass is 32.2. The van der Waals surface area contributed by atoms with Gasteiger partial charge in [0.15, 0.2) is 5.69 Å². The van der Waals surface area contributed by atoms with E-state index in [9.17, 15) is 9.59 Å². The van der Waals surface area contributed by atoms with Crippen molar-refractivity contribution in [2.45, 2.75) is 62.6 Å². The van der Waals surface area contributed by atoms with Crippen LogP contribution in [0.4, 0.5) is 0 Å². The largest absolute Gasteiger partial charge is 0.461 e. The molecule has 6 nitrogen and oxygen atoms in total. The molecule has 1 aliphatic heterocycles. The van der Waals surface area contributed by atoms with Crippen LogP contribution < -0.4 is 0 Å². The molecule has 1 amide bonds. The van der Waals surface area contributed by atoms with Crippen LogP contribution in [-0.4, -0.2) is 51.5 Å². The van der Waals surface area contributed by atoms with Gasteiger partial charge in [-0.3, -0.25) is 9.48 Å². The molecule has 2 fully saturated rings. The summed E-state index contributed by atoms with van der Waals surface area (Å²) in [6.07, 6.45) is 2.91. The average molecular weight is 454 g/mol. The standard InChI is InChI=1S/C25H31N3O3S/c1-4-31-25(30)24-23-19(13-18-16(3)22(18)23)28(26-24)14-21(29)27-11-9-17(10-12-27)32-20-8-6-5-7-15(20)2/h5-8,16-18,22H,4,9-14H2,1-3H3/t16-,18+,22-/m1/s1. The van der Waals surface area contributed by atoms with Gasteiger partial charge in [0.2, 0.25) is 5.91 Å². The third-order valence-corrected chi connectivity index (χ3v) is 8.88. The van der Waals surface area contributed by atoms with Crippen molar-refractivity contribution in [2.24, 2.45) is 11.8 Å². The first-order chi connectivity index (χ1) is 15.5. The summed E-state index contributed by atoms with van der Waals surface area (Å²) in [6, 6.07) is 8.50. The van der Waals surface area contributed by atoms with Crippen molar-refractivity contribution in [3.05, 3.63) is 46.8 Å². The molecule has 1 saturated heterocycles. The molecule has 1 aromatic carbocycles. The number of benzene rings is 1. The fourth-order valence-corrected chi connectivity index (χ4v) is 6.65. The molecule has 1 saturated carbocycles. The molecule has 0 unspecified atom stereocenters. The highest BCUT2D eigenvalue weighted by Crippen LogP contribution is 2.62. The Hall–Kier alpha value is -2.28. The molecule has 2 aliphatic carbocycles. The number of carbonyl (C=O) groups excluding carboxylic acids is 2. The summed E-state index contributed by atoms with van der Waals surface area (Å²) in [5.41, 5.74) is 3.86. The number of aryl methyl sites for hydroxylation is 1. The van der Waals surface area contributed by atoms with Gasteiger partial charge in [0.05, 0.1) is 6.61 Å². The number of carbonyl (C=O) groups is 2. The number of esters is 1. The van der Waals surface area contributed by atoms with E-state index in [2.05, 4.69) is 43.2 Å². The van der Waals surface area contributed by atoms with Crippen LogP contribution in [0.25, 0.3) is 0 Å². The Kier molecular flexibility index (Phi) is 5.78. The fraction of sp³-hybridized carbons (Fsp3) is 0.560. The quantitative estimate of drug-likeness (QED) is 0.617. The van der Waals surface area contributed by atoms with Crippen molar-refractivity contribution < 1.29 is 14.3 Å². The number of fused-ring (bicyclic) bond motifs is 3. The van der Waals surface area contributed by atoms with E-state index in [1.54, 1.807) is 4.68 Å². The Balaban J connectivity index is 1.23. The summed E-state index contributed by atoms with van der Waals surface area (Å²) in [5, 5.41) is 5.11. The number of likely N-dealkylation sites (tertiary alicyclic amines) is 1. The zero-order valence-corrected chi connectivity index (χ0v) is 19.9. The van der Waals surface area contributed by atoms with Crippen molar-refractivity contribution in [1.29, 1.82) is 0 Å². The number of ether oxygens (including phenoxy) is 1. The van der Waals surface area contributed by atoms with Crippen LogP contribution in [0.1, 0.15) is 59.9 Å². The van der Waals surface area contributed by atoms with Gasteiger partial charge >= 0.3 is 5.97 Å². The number of hydrogen-bond donors (Lipinski definition) is 0. The van der Waals surface area contributed by atoms with Crippen LogP contribution in [0.15, 0.2) is 29.2 Å².